The van der Waals surface area contributed by atoms with Crippen molar-refractivity contribution >= 4 is 12.4 Å². The molecule has 1 atom stereocenters. The van der Waals surface area contributed by atoms with Gasteiger partial charge in [0.05, 0.1) is 0 Å². The molecule has 1 fully saturated rings. The van der Waals surface area contributed by atoms with E-state index >= 15 is 0 Å². The summed E-state index contributed by atoms with van der Waals surface area (Å²) in [5, 5.41) is 11.9. The number of fused-ring (bicyclic) bond motifs is 1. The van der Waals surface area contributed by atoms with Crippen LogP contribution < -0.4 is 10.1 Å². The van der Waals surface area contributed by atoms with E-state index < -0.39 is 23.4 Å². The second-order valence-electron chi connectivity index (χ2n) is 7.58. The number of ether oxygens (including phenoxy) is 1. The van der Waals surface area contributed by atoms with Crippen molar-refractivity contribution in [2.24, 2.45) is 5.41 Å². The average Bonchev–Trinajstić information content (AvgIpc) is 3.44. The number of carboxylic acid groups (broad SMARTS) is 1. The van der Waals surface area contributed by atoms with Crippen molar-refractivity contribution in [2.45, 2.75) is 37.6 Å². The lowest BCUT2D eigenvalue weighted by Gasteiger charge is -2.42. The third-order valence-corrected chi connectivity index (χ3v) is 6.00. The molecule has 5 nitrogen and oxygen atoms in total. The van der Waals surface area contributed by atoms with Crippen LogP contribution in [0.25, 0.3) is 11.1 Å². The van der Waals surface area contributed by atoms with Gasteiger partial charge < -0.3 is 20.0 Å². The molecule has 1 spiro atoms. The Morgan fingerprint density at radius 1 is 1.07 bits per heavy atom. The molecule has 1 amide bonds. The Hall–Kier alpha value is -3.03. The minimum absolute atomic E-state index is 0.328. The summed E-state index contributed by atoms with van der Waals surface area (Å²) >= 11 is 0. The number of aldehydes is 1. The van der Waals surface area contributed by atoms with E-state index in [0.29, 0.717) is 23.0 Å². The molecule has 0 saturated heterocycles. The van der Waals surface area contributed by atoms with E-state index in [2.05, 4.69) is 10.1 Å². The van der Waals surface area contributed by atoms with E-state index in [1.807, 2.05) is 12.1 Å². The summed E-state index contributed by atoms with van der Waals surface area (Å²) in [6.45, 7) is 0. The fourth-order valence-corrected chi connectivity index (χ4v) is 4.43. The van der Waals surface area contributed by atoms with Crippen molar-refractivity contribution in [2.75, 3.05) is 0 Å². The van der Waals surface area contributed by atoms with Gasteiger partial charge >= 0.3 is 12.5 Å². The summed E-state index contributed by atoms with van der Waals surface area (Å²) in [4.78, 5) is 23.7. The zero-order chi connectivity index (χ0) is 20.9. The van der Waals surface area contributed by atoms with Gasteiger partial charge in [0.15, 0.2) is 6.29 Å². The van der Waals surface area contributed by atoms with Gasteiger partial charge in [0.2, 0.25) is 0 Å². The zero-order valence-corrected chi connectivity index (χ0v) is 15.3. The Morgan fingerprint density at radius 3 is 2.28 bits per heavy atom. The van der Waals surface area contributed by atoms with Gasteiger partial charge in [0, 0.05) is 5.41 Å². The normalized spacial score (nSPS) is 21.9. The van der Waals surface area contributed by atoms with Crippen LogP contribution in [0.1, 0.15) is 30.4 Å². The Bertz CT molecular complexity index is 967. The lowest BCUT2D eigenvalue weighted by atomic mass is 9.66. The van der Waals surface area contributed by atoms with E-state index in [1.165, 1.54) is 24.3 Å². The van der Waals surface area contributed by atoms with Gasteiger partial charge in [-0.05, 0) is 66.1 Å². The van der Waals surface area contributed by atoms with E-state index in [1.54, 1.807) is 6.07 Å². The summed E-state index contributed by atoms with van der Waals surface area (Å²) in [7, 11) is 0. The quantitative estimate of drug-likeness (QED) is 0.727. The van der Waals surface area contributed by atoms with Gasteiger partial charge in [-0.3, -0.25) is 0 Å². The maximum absolute atomic E-state index is 12.4. The number of hydrogen-bond donors (Lipinski definition) is 2. The van der Waals surface area contributed by atoms with Gasteiger partial charge in [-0.1, -0.05) is 24.3 Å². The lowest BCUT2D eigenvalue weighted by Crippen LogP contribution is -2.55. The number of carbonyl (C=O) groups is 2. The molecule has 0 radical (unpaired) electrons. The Balaban J connectivity index is 1.74. The highest BCUT2D eigenvalue weighted by Crippen LogP contribution is 2.63. The van der Waals surface area contributed by atoms with Crippen LogP contribution >= 0.6 is 0 Å². The van der Waals surface area contributed by atoms with Crippen LogP contribution in [0.2, 0.25) is 0 Å². The number of aryl methyl sites for hydroxylation is 1. The molecule has 2 aliphatic rings. The van der Waals surface area contributed by atoms with Crippen LogP contribution in [0.3, 0.4) is 0 Å². The fraction of sp³-hybridized carbons (Fsp3) is 0.333. The third-order valence-electron chi connectivity index (χ3n) is 6.00. The molecule has 2 aliphatic carbocycles. The van der Waals surface area contributed by atoms with Gasteiger partial charge in [-0.2, -0.15) is 0 Å². The standard InChI is InChI=1S/C21H18F3NO4/c22-21(23,24)29-16-5-3-13(4-6-16)15-2-1-14-7-8-19(9-10-19)20(12-26,17(14)11-15)25-18(27)28/h1-6,11-12,25H,7-10H2,(H,27,28)/t20-/m1/s1. The predicted molar refractivity (Wildman–Crippen MR) is 97.5 cm³/mol. The fourth-order valence-electron chi connectivity index (χ4n) is 4.43. The van der Waals surface area contributed by atoms with Crippen LogP contribution in [0.15, 0.2) is 42.5 Å². The van der Waals surface area contributed by atoms with E-state index in [-0.39, 0.29) is 5.75 Å². The van der Waals surface area contributed by atoms with Crippen LogP contribution in [0, 0.1) is 5.41 Å². The summed E-state index contributed by atoms with van der Waals surface area (Å²) in [5.41, 5.74) is 1.09. The minimum atomic E-state index is -4.77. The van der Waals surface area contributed by atoms with Gasteiger partial charge in [0.1, 0.15) is 11.3 Å². The molecule has 4 rings (SSSR count). The average molecular weight is 405 g/mol. The summed E-state index contributed by atoms with van der Waals surface area (Å²) in [6, 6.07) is 10.8. The number of hydrogen-bond acceptors (Lipinski definition) is 3. The SMILES string of the molecule is O=C[C@@]1(NC(=O)O)c2cc(-c3ccc(OC(F)(F)F)cc3)ccc2CCC12CC2. The maximum Gasteiger partial charge on any atom is 0.573 e. The maximum atomic E-state index is 12.4. The largest absolute Gasteiger partial charge is 0.573 e. The van der Waals surface area contributed by atoms with E-state index in [0.717, 1.165) is 31.2 Å². The second-order valence-corrected chi connectivity index (χ2v) is 7.58. The smallest absolute Gasteiger partial charge is 0.465 e. The lowest BCUT2D eigenvalue weighted by molar-refractivity contribution is -0.274. The van der Waals surface area contributed by atoms with Crippen molar-refractivity contribution in [1.82, 2.24) is 5.32 Å². The first-order valence-electron chi connectivity index (χ1n) is 9.15. The summed E-state index contributed by atoms with van der Waals surface area (Å²) in [6.07, 6.45) is -2.35. The third kappa shape index (κ3) is 3.32. The molecular formula is C21H18F3NO4. The highest BCUT2D eigenvalue weighted by Gasteiger charge is 2.63. The molecule has 8 heteroatoms. The Labute approximate surface area is 164 Å². The predicted octanol–water partition coefficient (Wildman–Crippen LogP) is 4.64. The molecule has 0 bridgehead atoms. The van der Waals surface area contributed by atoms with E-state index in [9.17, 15) is 27.9 Å². The first-order valence-corrected chi connectivity index (χ1v) is 9.15. The molecule has 152 valence electrons. The summed E-state index contributed by atoms with van der Waals surface area (Å²) in [5.74, 6) is -0.328. The molecule has 0 aromatic heterocycles. The van der Waals surface area contributed by atoms with Crippen molar-refractivity contribution in [3.8, 4) is 16.9 Å². The highest BCUT2D eigenvalue weighted by atomic mass is 19.4. The number of benzene rings is 2. The van der Waals surface area contributed by atoms with Crippen molar-refractivity contribution < 1.29 is 32.6 Å². The van der Waals surface area contributed by atoms with E-state index in [4.69, 9.17) is 0 Å². The number of halogens is 3. The van der Waals surface area contributed by atoms with Crippen molar-refractivity contribution in [3.63, 3.8) is 0 Å². The first-order chi connectivity index (χ1) is 13.7. The Kier molecular flexibility index (Phi) is 4.33. The number of alkyl halides is 3. The van der Waals surface area contributed by atoms with Gasteiger partial charge in [-0.15, -0.1) is 13.2 Å². The number of carbonyl (C=O) groups excluding carboxylic acids is 1. The minimum Gasteiger partial charge on any atom is -0.465 e. The summed E-state index contributed by atoms with van der Waals surface area (Å²) < 4.78 is 40.9. The van der Waals surface area contributed by atoms with Crippen molar-refractivity contribution in [3.05, 3.63) is 53.6 Å². The zero-order valence-electron chi connectivity index (χ0n) is 15.3. The molecule has 1 saturated carbocycles. The molecule has 2 aromatic rings. The number of nitrogens with one attached hydrogen (secondary N) is 1. The number of amides is 1. The molecule has 29 heavy (non-hydrogen) atoms. The van der Waals surface area contributed by atoms with Crippen LogP contribution in [0.4, 0.5) is 18.0 Å². The molecule has 0 unspecified atom stereocenters. The Morgan fingerprint density at radius 2 is 1.72 bits per heavy atom. The van der Waals surface area contributed by atoms with Crippen LogP contribution in [-0.2, 0) is 16.8 Å². The molecule has 0 heterocycles. The van der Waals surface area contributed by atoms with Gasteiger partial charge in [-0.25, -0.2) is 4.79 Å². The van der Waals surface area contributed by atoms with Gasteiger partial charge in [0.25, 0.3) is 0 Å². The molecule has 2 aromatic carbocycles. The number of rotatable bonds is 4. The monoisotopic (exact) mass is 405 g/mol. The molecular weight excluding hydrogens is 387 g/mol. The topological polar surface area (TPSA) is 75.6 Å². The first kappa shape index (κ1) is 19.3. The van der Waals surface area contributed by atoms with Crippen LogP contribution in [0.5, 0.6) is 5.75 Å². The molecule has 0 aliphatic heterocycles. The highest BCUT2D eigenvalue weighted by molar-refractivity contribution is 5.81. The van der Waals surface area contributed by atoms with Crippen LogP contribution in [-0.4, -0.2) is 23.8 Å². The van der Waals surface area contributed by atoms with Crippen molar-refractivity contribution in [1.29, 1.82) is 0 Å². The second kappa shape index (κ2) is 6.50. The molecule has 2 N–H and O–H groups in total.